The number of benzene rings is 2. The first-order valence-electron chi connectivity index (χ1n) is 7.26. The summed E-state index contributed by atoms with van der Waals surface area (Å²) >= 11 is 0.551. The molecule has 0 spiro atoms. The molecule has 2 aromatic carbocycles. The highest BCUT2D eigenvalue weighted by atomic mass is 32.2. The second kappa shape index (κ2) is 7.77. The maximum Gasteiger partial charge on any atom is 0.344 e. The molecule has 8 heteroatoms. The molecule has 0 aliphatic rings. The number of nitrogens with zero attached hydrogens (tertiary/aromatic N) is 1. The Morgan fingerprint density at radius 1 is 1.00 bits per heavy atom. The number of carbonyl (C=O) groups is 1. The minimum absolute atomic E-state index is 0.162. The number of carbonyl (C=O) groups excluding carboxylic acids is 1. The molecule has 0 unspecified atom stereocenters. The molecular weight excluding hydrogens is 358 g/mol. The van der Waals surface area contributed by atoms with Crippen LogP contribution in [0, 0.1) is 23.3 Å². The Balaban J connectivity index is 2.48. The van der Waals surface area contributed by atoms with E-state index in [9.17, 15) is 22.4 Å². The molecule has 0 N–H and O–H groups in total. The summed E-state index contributed by atoms with van der Waals surface area (Å²) in [6.45, 7) is 1.26. The summed E-state index contributed by atoms with van der Waals surface area (Å²) in [6, 6.07) is 6.54. The Morgan fingerprint density at radius 3 is 2.12 bits per heavy atom. The van der Waals surface area contributed by atoms with Crippen molar-refractivity contribution in [2.75, 3.05) is 25.6 Å². The van der Waals surface area contributed by atoms with Crippen molar-refractivity contribution in [2.24, 2.45) is 0 Å². The lowest BCUT2D eigenvalue weighted by molar-refractivity contribution is 0.0512. The zero-order chi connectivity index (χ0) is 18.7. The van der Waals surface area contributed by atoms with Gasteiger partial charge in [-0.1, -0.05) is 11.8 Å². The lowest BCUT2D eigenvalue weighted by atomic mass is 10.2. The van der Waals surface area contributed by atoms with Gasteiger partial charge in [-0.2, -0.15) is 0 Å². The molecule has 25 heavy (non-hydrogen) atoms. The molecule has 2 rings (SSSR count). The van der Waals surface area contributed by atoms with E-state index < -0.39 is 39.7 Å². The molecule has 0 aliphatic carbocycles. The molecule has 0 atom stereocenters. The van der Waals surface area contributed by atoms with Crippen molar-refractivity contribution in [1.29, 1.82) is 0 Å². The molecule has 2 aromatic rings. The minimum Gasteiger partial charge on any atom is -0.462 e. The third-order valence-corrected chi connectivity index (χ3v) is 4.35. The van der Waals surface area contributed by atoms with E-state index in [1.165, 1.54) is 6.92 Å². The fourth-order valence-corrected chi connectivity index (χ4v) is 2.89. The van der Waals surface area contributed by atoms with Crippen molar-refractivity contribution >= 4 is 23.4 Å². The van der Waals surface area contributed by atoms with Gasteiger partial charge in [0.25, 0.3) is 0 Å². The molecule has 0 radical (unpaired) electrons. The normalized spacial score (nSPS) is 10.7. The van der Waals surface area contributed by atoms with Gasteiger partial charge in [0.05, 0.1) is 11.5 Å². The average molecular weight is 373 g/mol. The predicted octanol–water partition coefficient (Wildman–Crippen LogP) is 4.64. The summed E-state index contributed by atoms with van der Waals surface area (Å²) in [5, 5.41) is 0. The highest BCUT2D eigenvalue weighted by Gasteiger charge is 2.30. The van der Waals surface area contributed by atoms with E-state index in [0.717, 1.165) is 5.69 Å². The number of anilines is 1. The van der Waals surface area contributed by atoms with E-state index in [0.29, 0.717) is 16.7 Å². The summed E-state index contributed by atoms with van der Waals surface area (Å²) in [4.78, 5) is 13.1. The third-order valence-electron chi connectivity index (χ3n) is 3.28. The zero-order valence-electron chi connectivity index (χ0n) is 13.7. The van der Waals surface area contributed by atoms with Crippen LogP contribution in [0.25, 0.3) is 0 Å². The van der Waals surface area contributed by atoms with Gasteiger partial charge in [-0.3, -0.25) is 0 Å². The maximum atomic E-state index is 14.5. The van der Waals surface area contributed by atoms with Crippen LogP contribution < -0.4 is 4.90 Å². The molecule has 0 saturated carbocycles. The van der Waals surface area contributed by atoms with E-state index in [2.05, 4.69) is 4.74 Å². The number of halogens is 4. The van der Waals surface area contributed by atoms with Gasteiger partial charge in [-0.15, -0.1) is 0 Å². The Labute approximate surface area is 146 Å². The van der Waals surface area contributed by atoms with Crippen LogP contribution in [-0.2, 0) is 4.74 Å². The summed E-state index contributed by atoms with van der Waals surface area (Å²) in [5.41, 5.74) is -0.393. The van der Waals surface area contributed by atoms with Gasteiger partial charge < -0.3 is 9.64 Å². The van der Waals surface area contributed by atoms with Crippen molar-refractivity contribution in [3.05, 3.63) is 53.1 Å². The smallest absolute Gasteiger partial charge is 0.344 e. The maximum absolute atomic E-state index is 14.5. The van der Waals surface area contributed by atoms with Gasteiger partial charge in [0.15, 0.2) is 23.3 Å². The van der Waals surface area contributed by atoms with Gasteiger partial charge in [-0.25, -0.2) is 22.4 Å². The fourth-order valence-electron chi connectivity index (χ4n) is 2.01. The third kappa shape index (κ3) is 3.89. The standard InChI is InChI=1S/C17H15F4NO2S/c1-4-24-17(23)11-12(18)14(20)15(21)16(13(11)19)25-10-7-5-9(6-8-10)22(2)3/h5-8H,4H2,1-3H3. The molecule has 0 bridgehead atoms. The Hall–Kier alpha value is -2.22. The molecule has 0 amide bonds. The highest BCUT2D eigenvalue weighted by molar-refractivity contribution is 7.99. The number of rotatable bonds is 5. The molecular formula is C17H15F4NO2S. The second-order valence-electron chi connectivity index (χ2n) is 5.17. The fraction of sp³-hybridized carbons (Fsp3) is 0.235. The molecule has 0 aliphatic heterocycles. The molecule has 0 heterocycles. The molecule has 0 fully saturated rings. The second-order valence-corrected chi connectivity index (χ2v) is 6.25. The molecule has 0 saturated heterocycles. The lowest BCUT2D eigenvalue weighted by Crippen LogP contribution is -2.14. The van der Waals surface area contributed by atoms with Crippen LogP contribution in [0.2, 0.25) is 0 Å². The molecule has 0 aromatic heterocycles. The number of hydrogen-bond acceptors (Lipinski definition) is 4. The van der Waals surface area contributed by atoms with Gasteiger partial charge in [0.1, 0.15) is 5.56 Å². The number of ether oxygens (including phenoxy) is 1. The first kappa shape index (κ1) is 19.1. The topological polar surface area (TPSA) is 29.5 Å². The van der Waals surface area contributed by atoms with Gasteiger partial charge in [0, 0.05) is 24.7 Å². The Bertz CT molecular complexity index is 794. The summed E-state index contributed by atoms with van der Waals surface area (Å²) in [5.74, 6) is -8.39. The van der Waals surface area contributed by atoms with Crippen molar-refractivity contribution in [1.82, 2.24) is 0 Å². The largest absolute Gasteiger partial charge is 0.462 e. The quantitative estimate of drug-likeness (QED) is 0.331. The SMILES string of the molecule is CCOC(=O)c1c(F)c(F)c(F)c(Sc2ccc(N(C)C)cc2)c1F. The van der Waals surface area contributed by atoms with Crippen molar-refractivity contribution in [2.45, 2.75) is 16.7 Å². The molecule has 3 nitrogen and oxygen atoms in total. The highest BCUT2D eigenvalue weighted by Crippen LogP contribution is 2.36. The number of esters is 1. The predicted molar refractivity (Wildman–Crippen MR) is 87.1 cm³/mol. The van der Waals surface area contributed by atoms with Crippen molar-refractivity contribution in [3.63, 3.8) is 0 Å². The van der Waals surface area contributed by atoms with Crippen LogP contribution in [0.5, 0.6) is 0 Å². The first-order chi connectivity index (χ1) is 11.8. The van der Waals surface area contributed by atoms with E-state index in [1.54, 1.807) is 24.3 Å². The van der Waals surface area contributed by atoms with E-state index in [4.69, 9.17) is 0 Å². The van der Waals surface area contributed by atoms with Crippen molar-refractivity contribution in [3.8, 4) is 0 Å². The Morgan fingerprint density at radius 2 is 1.60 bits per heavy atom. The van der Waals surface area contributed by atoms with Gasteiger partial charge in [0.2, 0.25) is 0 Å². The Kier molecular flexibility index (Phi) is 5.94. The van der Waals surface area contributed by atoms with Crippen LogP contribution in [-0.4, -0.2) is 26.7 Å². The minimum atomic E-state index is -1.92. The first-order valence-corrected chi connectivity index (χ1v) is 8.07. The van der Waals surface area contributed by atoms with Crippen LogP contribution in [0.15, 0.2) is 34.1 Å². The van der Waals surface area contributed by atoms with E-state index in [-0.39, 0.29) is 6.61 Å². The zero-order valence-corrected chi connectivity index (χ0v) is 14.5. The number of hydrogen-bond donors (Lipinski definition) is 0. The summed E-state index contributed by atoms with van der Waals surface area (Å²) in [6.07, 6.45) is 0. The van der Waals surface area contributed by atoms with E-state index in [1.807, 2.05) is 19.0 Å². The van der Waals surface area contributed by atoms with Crippen LogP contribution in [0.4, 0.5) is 23.2 Å². The molecule has 134 valence electrons. The summed E-state index contributed by atoms with van der Waals surface area (Å²) < 4.78 is 60.5. The van der Waals surface area contributed by atoms with Crippen molar-refractivity contribution < 1.29 is 27.1 Å². The monoisotopic (exact) mass is 373 g/mol. The van der Waals surface area contributed by atoms with Crippen LogP contribution in [0.3, 0.4) is 0 Å². The lowest BCUT2D eigenvalue weighted by Gasteiger charge is -2.14. The van der Waals surface area contributed by atoms with Crippen LogP contribution >= 0.6 is 11.8 Å². The van der Waals surface area contributed by atoms with Crippen LogP contribution in [0.1, 0.15) is 17.3 Å². The van der Waals surface area contributed by atoms with Gasteiger partial charge >= 0.3 is 5.97 Å². The summed E-state index contributed by atoms with van der Waals surface area (Å²) in [7, 11) is 3.64. The van der Waals surface area contributed by atoms with E-state index >= 15 is 0 Å². The average Bonchev–Trinajstić information content (AvgIpc) is 2.57. The van der Waals surface area contributed by atoms with Gasteiger partial charge in [-0.05, 0) is 31.2 Å².